The second-order valence-electron chi connectivity index (χ2n) is 9.59. The Morgan fingerprint density at radius 1 is 1.00 bits per heavy atom. The Morgan fingerprint density at radius 3 is 2.29 bits per heavy atom. The predicted octanol–water partition coefficient (Wildman–Crippen LogP) is 5.33. The average molecular weight is 598 g/mol. The van der Waals surface area contributed by atoms with Crippen molar-refractivity contribution >= 4 is 35.2 Å². The fourth-order valence-corrected chi connectivity index (χ4v) is 5.87. The standard InChI is InChI=1S/C31H32ClNO7S/c1-18(34)33-31(17-40-30(36)20-8-6-19(16-32)7-9-20)13-12-21-14-25(37-2)28(38-3)29(39-4)27(21)22-10-11-26(41-5)24(35)15-23(22)31/h6-11,14-15H,12-13,16-17H2,1-5H3,(H,33,34). The molecule has 0 radical (unpaired) electrons. The first-order chi connectivity index (χ1) is 19.7. The first kappa shape index (κ1) is 30.3. The number of hydrogen-bond donors (Lipinski definition) is 1. The molecule has 1 atom stereocenters. The number of hydrogen-bond acceptors (Lipinski definition) is 8. The monoisotopic (exact) mass is 597 g/mol. The van der Waals surface area contributed by atoms with Gasteiger partial charge >= 0.3 is 5.97 Å². The largest absolute Gasteiger partial charge is 0.493 e. The van der Waals surface area contributed by atoms with Crippen LogP contribution in [0.2, 0.25) is 0 Å². The number of esters is 1. The zero-order chi connectivity index (χ0) is 29.7. The molecular weight excluding hydrogens is 566 g/mol. The van der Waals surface area contributed by atoms with Crippen LogP contribution in [0.15, 0.2) is 58.2 Å². The zero-order valence-corrected chi connectivity index (χ0v) is 25.2. The number of thioether (sulfide) groups is 1. The highest BCUT2D eigenvalue weighted by Crippen LogP contribution is 2.51. The van der Waals surface area contributed by atoms with Crippen LogP contribution in [0, 0.1) is 0 Å². The van der Waals surface area contributed by atoms with Crippen molar-refractivity contribution in [1.82, 2.24) is 5.32 Å². The normalized spacial score (nSPS) is 15.6. The molecule has 0 saturated carbocycles. The zero-order valence-electron chi connectivity index (χ0n) is 23.6. The number of carbonyl (C=O) groups is 2. The van der Waals surface area contributed by atoms with Crippen LogP contribution in [0.25, 0.3) is 11.1 Å². The molecule has 3 aromatic rings. The maximum atomic E-state index is 13.4. The van der Waals surface area contributed by atoms with E-state index in [0.717, 1.165) is 11.1 Å². The molecule has 8 nitrogen and oxygen atoms in total. The molecule has 0 spiro atoms. The second kappa shape index (κ2) is 12.9. The molecule has 1 aliphatic carbocycles. The minimum absolute atomic E-state index is 0.210. The molecule has 0 heterocycles. The number of halogens is 1. The summed E-state index contributed by atoms with van der Waals surface area (Å²) in [6, 6.07) is 13.8. The van der Waals surface area contributed by atoms with Gasteiger partial charge in [0.25, 0.3) is 0 Å². The predicted molar refractivity (Wildman–Crippen MR) is 160 cm³/mol. The Labute approximate surface area is 248 Å². The van der Waals surface area contributed by atoms with Crippen LogP contribution in [-0.2, 0) is 27.4 Å². The van der Waals surface area contributed by atoms with Gasteiger partial charge in [-0.05, 0) is 71.7 Å². The number of benzene rings is 2. The summed E-state index contributed by atoms with van der Waals surface area (Å²) in [5.41, 5.74) is 2.48. The Hall–Kier alpha value is -3.69. The molecule has 216 valence electrons. The summed E-state index contributed by atoms with van der Waals surface area (Å²) < 4.78 is 23.0. The molecule has 3 aromatic carbocycles. The second-order valence-corrected chi connectivity index (χ2v) is 10.7. The number of carbonyl (C=O) groups excluding carboxylic acids is 2. The van der Waals surface area contributed by atoms with E-state index in [1.807, 2.05) is 18.4 Å². The third kappa shape index (κ3) is 6.01. The van der Waals surface area contributed by atoms with Crippen molar-refractivity contribution in [1.29, 1.82) is 0 Å². The summed E-state index contributed by atoms with van der Waals surface area (Å²) in [5.74, 6) is 0.741. The van der Waals surface area contributed by atoms with E-state index in [2.05, 4.69) is 5.32 Å². The van der Waals surface area contributed by atoms with Gasteiger partial charge < -0.3 is 24.3 Å². The molecule has 0 fully saturated rings. The molecule has 0 saturated heterocycles. The van der Waals surface area contributed by atoms with E-state index >= 15 is 0 Å². The van der Waals surface area contributed by atoms with Crippen LogP contribution < -0.4 is 25.0 Å². The van der Waals surface area contributed by atoms with Gasteiger partial charge in [0, 0.05) is 18.4 Å². The van der Waals surface area contributed by atoms with Crippen LogP contribution in [0.4, 0.5) is 0 Å². The Bertz CT molecular complexity index is 1530. The van der Waals surface area contributed by atoms with E-state index in [1.54, 1.807) is 37.4 Å². The highest BCUT2D eigenvalue weighted by atomic mass is 35.5. The van der Waals surface area contributed by atoms with E-state index in [4.69, 9.17) is 30.5 Å². The van der Waals surface area contributed by atoms with E-state index in [0.29, 0.717) is 63.1 Å². The van der Waals surface area contributed by atoms with E-state index < -0.39 is 11.5 Å². The molecule has 0 aromatic heterocycles. The lowest BCUT2D eigenvalue weighted by molar-refractivity contribution is -0.121. The van der Waals surface area contributed by atoms with Gasteiger partial charge in [0.15, 0.2) is 16.9 Å². The minimum Gasteiger partial charge on any atom is -0.493 e. The summed E-state index contributed by atoms with van der Waals surface area (Å²) in [5, 5.41) is 3.04. The van der Waals surface area contributed by atoms with Crippen molar-refractivity contribution in [3.8, 4) is 28.4 Å². The van der Waals surface area contributed by atoms with E-state index in [-0.39, 0.29) is 17.9 Å². The minimum atomic E-state index is -1.23. The fourth-order valence-electron chi connectivity index (χ4n) is 5.23. The summed E-state index contributed by atoms with van der Waals surface area (Å²) in [6.45, 7) is 1.19. The Morgan fingerprint density at radius 2 is 1.71 bits per heavy atom. The van der Waals surface area contributed by atoms with Gasteiger partial charge in [-0.25, -0.2) is 4.79 Å². The molecule has 1 amide bonds. The first-order valence-electron chi connectivity index (χ1n) is 12.9. The van der Waals surface area contributed by atoms with E-state index in [9.17, 15) is 14.4 Å². The molecule has 10 heteroatoms. The van der Waals surface area contributed by atoms with Gasteiger partial charge in [0.1, 0.15) is 12.1 Å². The van der Waals surface area contributed by atoms with Gasteiger partial charge in [0.05, 0.1) is 31.8 Å². The van der Waals surface area contributed by atoms with Crippen LogP contribution in [0.5, 0.6) is 17.2 Å². The molecule has 0 bridgehead atoms. The Balaban J connectivity index is 1.95. The topological polar surface area (TPSA) is 100 Å². The number of amides is 1. The van der Waals surface area contributed by atoms with Gasteiger partial charge in [-0.3, -0.25) is 9.59 Å². The lowest BCUT2D eigenvalue weighted by atomic mass is 9.85. The summed E-state index contributed by atoms with van der Waals surface area (Å²) in [4.78, 5) is 39.7. The molecule has 0 aliphatic heterocycles. The SMILES string of the molecule is COc1cc2c(c(OC)c1OC)-c1ccc(SC)c(=O)cc1C(COC(=O)c1ccc(CCl)cc1)(NC(C)=O)CC2. The summed E-state index contributed by atoms with van der Waals surface area (Å²) >= 11 is 7.21. The van der Waals surface area contributed by atoms with Crippen LogP contribution in [0.1, 0.15) is 40.4 Å². The number of methoxy groups -OCH3 is 3. The summed E-state index contributed by atoms with van der Waals surface area (Å²) in [7, 11) is 4.61. The molecule has 1 N–H and O–H groups in total. The quantitative estimate of drug-likeness (QED) is 0.201. The van der Waals surface area contributed by atoms with Crippen molar-refractivity contribution < 1.29 is 28.5 Å². The highest BCUT2D eigenvalue weighted by molar-refractivity contribution is 7.98. The number of alkyl halides is 1. The van der Waals surface area contributed by atoms with Crippen molar-refractivity contribution in [2.75, 3.05) is 34.2 Å². The van der Waals surface area contributed by atoms with Crippen molar-refractivity contribution in [2.45, 2.75) is 36.1 Å². The molecular formula is C31H32ClNO7S. The van der Waals surface area contributed by atoms with Crippen LogP contribution in [-0.4, -0.2) is 46.1 Å². The third-order valence-corrected chi connectivity index (χ3v) is 8.24. The van der Waals surface area contributed by atoms with Crippen LogP contribution in [0.3, 0.4) is 0 Å². The molecule has 1 aliphatic rings. The first-order valence-corrected chi connectivity index (χ1v) is 14.6. The van der Waals surface area contributed by atoms with Gasteiger partial charge in [-0.2, -0.15) is 0 Å². The number of ether oxygens (including phenoxy) is 4. The van der Waals surface area contributed by atoms with Gasteiger partial charge in [0.2, 0.25) is 11.7 Å². The highest BCUT2D eigenvalue weighted by Gasteiger charge is 2.41. The van der Waals surface area contributed by atoms with Crippen molar-refractivity contribution in [3.63, 3.8) is 0 Å². The third-order valence-electron chi connectivity index (χ3n) is 7.16. The Kier molecular flexibility index (Phi) is 9.50. The molecule has 4 rings (SSSR count). The van der Waals surface area contributed by atoms with Crippen LogP contribution >= 0.6 is 23.4 Å². The van der Waals surface area contributed by atoms with Crippen molar-refractivity contribution in [3.05, 3.63) is 81.0 Å². The number of fused-ring (bicyclic) bond motifs is 3. The lowest BCUT2D eigenvalue weighted by Crippen LogP contribution is -2.49. The lowest BCUT2D eigenvalue weighted by Gasteiger charge is -2.34. The maximum Gasteiger partial charge on any atom is 0.338 e. The van der Waals surface area contributed by atoms with Gasteiger partial charge in [-0.1, -0.05) is 18.2 Å². The summed E-state index contributed by atoms with van der Waals surface area (Å²) in [6.07, 6.45) is 2.58. The van der Waals surface area contributed by atoms with Gasteiger partial charge in [-0.15, -0.1) is 23.4 Å². The molecule has 1 unspecified atom stereocenters. The van der Waals surface area contributed by atoms with Crippen molar-refractivity contribution in [2.24, 2.45) is 0 Å². The number of rotatable bonds is 9. The molecule has 41 heavy (non-hydrogen) atoms. The average Bonchev–Trinajstić information content (AvgIpc) is 3.22. The fraction of sp³-hybridized carbons (Fsp3) is 0.323. The number of aryl methyl sites for hydroxylation is 1. The number of nitrogens with one attached hydrogen (secondary N) is 1. The van der Waals surface area contributed by atoms with E-state index in [1.165, 1.54) is 39.0 Å². The smallest absolute Gasteiger partial charge is 0.338 e. The maximum absolute atomic E-state index is 13.4.